The van der Waals surface area contributed by atoms with Gasteiger partial charge in [0.05, 0.1) is 7.11 Å². The van der Waals surface area contributed by atoms with Gasteiger partial charge in [-0.1, -0.05) is 12.1 Å². The number of ketones is 1. The van der Waals surface area contributed by atoms with Gasteiger partial charge in [0, 0.05) is 13.0 Å². The molecule has 1 aromatic carbocycles. The molecule has 0 aliphatic heterocycles. The average Bonchev–Trinajstić information content (AvgIpc) is 2.40. The summed E-state index contributed by atoms with van der Waals surface area (Å²) in [6, 6.07) is 7.96. The SMILES string of the molecule is COc1ccc(C2=CC(=O)CCC2CN(C)C)cc1. The van der Waals surface area contributed by atoms with Crippen LogP contribution in [0, 0.1) is 5.92 Å². The van der Waals surface area contributed by atoms with Crippen LogP contribution in [-0.4, -0.2) is 38.4 Å². The van der Waals surface area contributed by atoms with Gasteiger partial charge in [-0.15, -0.1) is 0 Å². The Balaban J connectivity index is 2.28. The minimum absolute atomic E-state index is 0.237. The van der Waals surface area contributed by atoms with Crippen molar-refractivity contribution < 1.29 is 9.53 Å². The standard InChI is InChI=1S/C16H21NO2/c1-17(2)11-13-4-7-14(18)10-16(13)12-5-8-15(19-3)9-6-12/h5-6,8-10,13H,4,7,11H2,1-3H3. The predicted molar refractivity (Wildman–Crippen MR) is 77.3 cm³/mol. The van der Waals surface area contributed by atoms with Gasteiger partial charge in [-0.3, -0.25) is 4.79 Å². The third kappa shape index (κ3) is 3.44. The van der Waals surface area contributed by atoms with Crippen molar-refractivity contribution in [1.82, 2.24) is 4.90 Å². The third-order valence-corrected chi connectivity index (χ3v) is 3.50. The normalized spacial score (nSPS) is 19.5. The number of hydrogen-bond acceptors (Lipinski definition) is 3. The van der Waals surface area contributed by atoms with Gasteiger partial charge in [0.25, 0.3) is 0 Å². The lowest BCUT2D eigenvalue weighted by molar-refractivity contribution is -0.115. The van der Waals surface area contributed by atoms with Gasteiger partial charge in [-0.25, -0.2) is 0 Å². The molecule has 1 aliphatic carbocycles. The highest BCUT2D eigenvalue weighted by molar-refractivity contribution is 5.98. The highest BCUT2D eigenvalue weighted by Crippen LogP contribution is 2.32. The Morgan fingerprint density at radius 3 is 2.53 bits per heavy atom. The van der Waals surface area contributed by atoms with Gasteiger partial charge in [0.15, 0.2) is 5.78 Å². The lowest BCUT2D eigenvalue weighted by atomic mass is 9.83. The molecule has 1 aliphatic rings. The summed E-state index contributed by atoms with van der Waals surface area (Å²) in [4.78, 5) is 13.9. The molecule has 0 heterocycles. The molecule has 19 heavy (non-hydrogen) atoms. The molecule has 1 unspecified atom stereocenters. The maximum atomic E-state index is 11.7. The Labute approximate surface area is 114 Å². The van der Waals surface area contributed by atoms with E-state index < -0.39 is 0 Å². The minimum Gasteiger partial charge on any atom is -0.497 e. The average molecular weight is 259 g/mol. The third-order valence-electron chi connectivity index (χ3n) is 3.50. The van der Waals surface area contributed by atoms with E-state index in [2.05, 4.69) is 19.0 Å². The van der Waals surface area contributed by atoms with Crippen molar-refractivity contribution in [2.24, 2.45) is 5.92 Å². The van der Waals surface area contributed by atoms with Crippen molar-refractivity contribution in [1.29, 1.82) is 0 Å². The van der Waals surface area contributed by atoms with Crippen LogP contribution < -0.4 is 4.74 Å². The number of nitrogens with zero attached hydrogens (tertiary/aromatic N) is 1. The Morgan fingerprint density at radius 2 is 1.95 bits per heavy atom. The quantitative estimate of drug-likeness (QED) is 0.832. The van der Waals surface area contributed by atoms with Crippen molar-refractivity contribution in [3.05, 3.63) is 35.9 Å². The Hall–Kier alpha value is -1.61. The van der Waals surface area contributed by atoms with Crippen molar-refractivity contribution in [3.8, 4) is 5.75 Å². The molecule has 0 N–H and O–H groups in total. The fourth-order valence-electron chi connectivity index (χ4n) is 2.57. The highest BCUT2D eigenvalue weighted by atomic mass is 16.5. The van der Waals surface area contributed by atoms with Gasteiger partial charge >= 0.3 is 0 Å². The summed E-state index contributed by atoms with van der Waals surface area (Å²) in [6.45, 7) is 0.977. The molecular weight excluding hydrogens is 238 g/mol. The molecule has 2 rings (SSSR count). The molecule has 3 nitrogen and oxygen atoms in total. The van der Waals surface area contributed by atoms with E-state index in [1.807, 2.05) is 30.3 Å². The number of allylic oxidation sites excluding steroid dienone is 1. The van der Waals surface area contributed by atoms with E-state index in [4.69, 9.17) is 4.74 Å². The number of ether oxygens (including phenoxy) is 1. The number of benzene rings is 1. The highest BCUT2D eigenvalue weighted by Gasteiger charge is 2.23. The van der Waals surface area contributed by atoms with Gasteiger partial charge < -0.3 is 9.64 Å². The molecule has 0 saturated carbocycles. The molecule has 0 aromatic heterocycles. The first-order chi connectivity index (χ1) is 9.10. The van der Waals surface area contributed by atoms with Crippen molar-refractivity contribution in [2.45, 2.75) is 12.8 Å². The van der Waals surface area contributed by atoms with Gasteiger partial charge in [-0.2, -0.15) is 0 Å². The molecule has 1 atom stereocenters. The Bertz CT molecular complexity index is 474. The first-order valence-electron chi connectivity index (χ1n) is 6.63. The summed E-state index contributed by atoms with van der Waals surface area (Å²) in [5, 5.41) is 0. The molecule has 0 saturated heterocycles. The fraction of sp³-hybridized carbons (Fsp3) is 0.438. The van der Waals surface area contributed by atoms with Crippen LogP contribution in [-0.2, 0) is 4.79 Å². The van der Waals surface area contributed by atoms with E-state index in [0.717, 1.165) is 29.9 Å². The van der Waals surface area contributed by atoms with E-state index in [0.29, 0.717) is 12.3 Å². The molecule has 0 amide bonds. The topological polar surface area (TPSA) is 29.5 Å². The second kappa shape index (κ2) is 6.02. The van der Waals surface area contributed by atoms with Crippen LogP contribution in [0.25, 0.3) is 5.57 Å². The van der Waals surface area contributed by atoms with Crippen LogP contribution in [0.5, 0.6) is 5.75 Å². The van der Waals surface area contributed by atoms with E-state index in [9.17, 15) is 4.79 Å². The lowest BCUT2D eigenvalue weighted by Gasteiger charge is -2.27. The van der Waals surface area contributed by atoms with E-state index in [-0.39, 0.29) is 5.78 Å². The number of carbonyl (C=O) groups is 1. The van der Waals surface area contributed by atoms with Gasteiger partial charge in [-0.05, 0) is 55.8 Å². The van der Waals surface area contributed by atoms with Crippen LogP contribution in [0.15, 0.2) is 30.3 Å². The second-order valence-electron chi connectivity index (χ2n) is 5.29. The van der Waals surface area contributed by atoms with Gasteiger partial charge in [0.2, 0.25) is 0 Å². The van der Waals surface area contributed by atoms with Crippen molar-refractivity contribution in [2.75, 3.05) is 27.7 Å². The van der Waals surface area contributed by atoms with Crippen LogP contribution >= 0.6 is 0 Å². The largest absolute Gasteiger partial charge is 0.497 e. The number of carbonyl (C=O) groups excluding carboxylic acids is 1. The maximum absolute atomic E-state index is 11.7. The van der Waals surface area contributed by atoms with Crippen LogP contribution in [0.4, 0.5) is 0 Å². The number of rotatable bonds is 4. The summed E-state index contributed by atoms with van der Waals surface area (Å²) in [5.74, 6) is 1.51. The van der Waals surface area contributed by atoms with Crippen LogP contribution in [0.1, 0.15) is 18.4 Å². The minimum atomic E-state index is 0.237. The summed E-state index contributed by atoms with van der Waals surface area (Å²) >= 11 is 0. The van der Waals surface area contributed by atoms with E-state index in [1.165, 1.54) is 0 Å². The smallest absolute Gasteiger partial charge is 0.156 e. The monoisotopic (exact) mass is 259 g/mol. The molecule has 0 spiro atoms. The summed E-state index contributed by atoms with van der Waals surface area (Å²) < 4.78 is 5.17. The molecule has 0 radical (unpaired) electrons. The zero-order valence-corrected chi connectivity index (χ0v) is 11.8. The summed E-state index contributed by atoms with van der Waals surface area (Å²) in [7, 11) is 5.80. The van der Waals surface area contributed by atoms with E-state index >= 15 is 0 Å². The first-order valence-corrected chi connectivity index (χ1v) is 6.63. The number of hydrogen-bond donors (Lipinski definition) is 0. The fourth-order valence-corrected chi connectivity index (χ4v) is 2.57. The molecule has 1 aromatic rings. The molecule has 0 fully saturated rings. The second-order valence-corrected chi connectivity index (χ2v) is 5.29. The molecule has 3 heteroatoms. The summed E-state index contributed by atoms with van der Waals surface area (Å²) in [6.07, 6.45) is 3.42. The van der Waals surface area contributed by atoms with Crippen LogP contribution in [0.3, 0.4) is 0 Å². The number of methoxy groups -OCH3 is 1. The zero-order valence-electron chi connectivity index (χ0n) is 11.8. The van der Waals surface area contributed by atoms with Gasteiger partial charge in [0.1, 0.15) is 5.75 Å². The molecule has 0 bridgehead atoms. The van der Waals surface area contributed by atoms with Crippen LogP contribution in [0.2, 0.25) is 0 Å². The first kappa shape index (κ1) is 13.8. The predicted octanol–water partition coefficient (Wildman–Crippen LogP) is 2.62. The maximum Gasteiger partial charge on any atom is 0.156 e. The van der Waals surface area contributed by atoms with Crippen molar-refractivity contribution in [3.63, 3.8) is 0 Å². The Morgan fingerprint density at radius 1 is 1.26 bits per heavy atom. The Kier molecular flexibility index (Phi) is 4.38. The van der Waals surface area contributed by atoms with E-state index in [1.54, 1.807) is 7.11 Å². The van der Waals surface area contributed by atoms with Crippen molar-refractivity contribution >= 4 is 11.4 Å². The zero-order chi connectivity index (χ0) is 13.8. The lowest BCUT2D eigenvalue weighted by Crippen LogP contribution is -2.25. The molecular formula is C16H21NO2. The summed E-state index contributed by atoms with van der Waals surface area (Å²) in [5.41, 5.74) is 2.29. The molecule has 102 valence electrons.